The summed E-state index contributed by atoms with van der Waals surface area (Å²) in [6.07, 6.45) is -1.70. The van der Waals surface area contributed by atoms with E-state index in [1.807, 2.05) is 0 Å². The summed E-state index contributed by atoms with van der Waals surface area (Å²) >= 11 is 0. The van der Waals surface area contributed by atoms with Crippen LogP contribution in [0.2, 0.25) is 0 Å². The van der Waals surface area contributed by atoms with Crippen molar-refractivity contribution in [1.82, 2.24) is 0 Å². The molecule has 4 rings (SSSR count). The minimum Gasteiger partial charge on any atom is -0.472 e. The van der Waals surface area contributed by atoms with Crippen LogP contribution in [0.5, 0.6) is 0 Å². The number of carbonyl (C=O) groups is 1. The van der Waals surface area contributed by atoms with Gasteiger partial charge in [0.25, 0.3) is 5.91 Å². The molecule has 0 aliphatic carbocycles. The zero-order valence-electron chi connectivity index (χ0n) is 14.7. The monoisotopic (exact) mass is 395 g/mol. The Morgan fingerprint density at radius 1 is 1.17 bits per heavy atom. The Bertz CT molecular complexity index is 1170. The quantitative estimate of drug-likeness (QED) is 0.694. The molecule has 0 bridgehead atoms. The van der Waals surface area contributed by atoms with Crippen molar-refractivity contribution >= 4 is 17.3 Å². The molecule has 0 radical (unpaired) electrons. The molecule has 1 aliphatic rings. The van der Waals surface area contributed by atoms with Gasteiger partial charge in [0.2, 0.25) is 0 Å². The minimum atomic E-state index is -4.77. The SMILES string of the molecule is N#Cc1ccc(C(=O)Nc2ccc3c(c2)C(c2ccoc2)=NC3)c(C(F)(F)F)c1. The first-order valence-electron chi connectivity index (χ1n) is 8.50. The summed E-state index contributed by atoms with van der Waals surface area (Å²) in [6.45, 7) is 0.470. The first kappa shape index (κ1) is 18.5. The van der Waals surface area contributed by atoms with E-state index in [1.165, 1.54) is 12.3 Å². The van der Waals surface area contributed by atoms with E-state index in [9.17, 15) is 18.0 Å². The molecule has 0 spiro atoms. The van der Waals surface area contributed by atoms with Crippen LogP contribution in [0.15, 0.2) is 64.4 Å². The van der Waals surface area contributed by atoms with Crippen LogP contribution in [-0.4, -0.2) is 11.6 Å². The maximum absolute atomic E-state index is 13.3. The van der Waals surface area contributed by atoms with E-state index < -0.39 is 23.2 Å². The number of carbonyl (C=O) groups excluding carboxylic acids is 1. The van der Waals surface area contributed by atoms with Crippen molar-refractivity contribution in [2.75, 3.05) is 5.32 Å². The van der Waals surface area contributed by atoms with Gasteiger partial charge in [-0.25, -0.2) is 0 Å². The number of nitrogens with one attached hydrogen (secondary N) is 1. The van der Waals surface area contributed by atoms with Gasteiger partial charge in [-0.3, -0.25) is 9.79 Å². The Hall–Kier alpha value is -3.86. The number of rotatable bonds is 3. The van der Waals surface area contributed by atoms with E-state index in [0.717, 1.165) is 22.8 Å². The van der Waals surface area contributed by atoms with Crippen LogP contribution in [-0.2, 0) is 12.7 Å². The second-order valence-corrected chi connectivity index (χ2v) is 6.37. The zero-order chi connectivity index (χ0) is 20.6. The summed E-state index contributed by atoms with van der Waals surface area (Å²) in [5, 5.41) is 11.4. The van der Waals surface area contributed by atoms with Gasteiger partial charge in [-0.1, -0.05) is 6.07 Å². The highest BCUT2D eigenvalue weighted by Crippen LogP contribution is 2.33. The molecule has 0 fully saturated rings. The fourth-order valence-corrected chi connectivity index (χ4v) is 3.15. The number of hydrogen-bond donors (Lipinski definition) is 1. The Morgan fingerprint density at radius 3 is 2.69 bits per heavy atom. The van der Waals surface area contributed by atoms with Crippen LogP contribution in [0.1, 0.15) is 38.2 Å². The van der Waals surface area contributed by atoms with Crippen LogP contribution >= 0.6 is 0 Å². The average molecular weight is 395 g/mol. The van der Waals surface area contributed by atoms with Crippen molar-refractivity contribution in [3.8, 4) is 6.07 Å². The van der Waals surface area contributed by atoms with Crippen LogP contribution in [0, 0.1) is 11.3 Å². The number of nitriles is 1. The van der Waals surface area contributed by atoms with E-state index in [4.69, 9.17) is 9.68 Å². The average Bonchev–Trinajstić information content (AvgIpc) is 3.36. The topological polar surface area (TPSA) is 78.4 Å². The predicted octanol–water partition coefficient (Wildman–Crippen LogP) is 4.77. The van der Waals surface area contributed by atoms with E-state index >= 15 is 0 Å². The second kappa shape index (κ2) is 6.95. The number of halogens is 3. The molecule has 144 valence electrons. The molecule has 3 aromatic rings. The smallest absolute Gasteiger partial charge is 0.417 e. The zero-order valence-corrected chi connectivity index (χ0v) is 14.7. The van der Waals surface area contributed by atoms with Gasteiger partial charge in [0, 0.05) is 16.8 Å². The number of anilines is 1. The summed E-state index contributed by atoms with van der Waals surface area (Å²) < 4.78 is 45.1. The minimum absolute atomic E-state index is 0.174. The Labute approximate surface area is 163 Å². The van der Waals surface area contributed by atoms with Crippen molar-refractivity contribution in [3.63, 3.8) is 0 Å². The lowest BCUT2D eigenvalue weighted by Crippen LogP contribution is -2.19. The lowest BCUT2D eigenvalue weighted by Gasteiger charge is -2.14. The standard InChI is InChI=1S/C21H12F3N3O2/c22-21(23,24)18-7-12(9-25)1-4-16(18)20(28)27-15-3-2-13-10-26-19(17(13)8-15)14-5-6-29-11-14/h1-8,11H,10H2,(H,27,28). The molecule has 0 saturated carbocycles. The summed E-state index contributed by atoms with van der Waals surface area (Å²) in [4.78, 5) is 17.0. The van der Waals surface area contributed by atoms with E-state index in [2.05, 4.69) is 10.3 Å². The van der Waals surface area contributed by atoms with Crippen molar-refractivity contribution in [3.05, 3.63) is 88.4 Å². The summed E-state index contributed by atoms with van der Waals surface area (Å²) in [6, 6.07) is 11.3. The number of aliphatic imine (C=N–C) groups is 1. The van der Waals surface area contributed by atoms with Gasteiger partial charge in [0.05, 0.1) is 47.5 Å². The normalized spacial score (nSPS) is 12.8. The van der Waals surface area contributed by atoms with Crippen LogP contribution in [0.3, 0.4) is 0 Å². The van der Waals surface area contributed by atoms with E-state index in [-0.39, 0.29) is 5.56 Å². The van der Waals surface area contributed by atoms with Crippen molar-refractivity contribution in [2.45, 2.75) is 12.7 Å². The maximum atomic E-state index is 13.3. The fraction of sp³-hybridized carbons (Fsp3) is 0.0952. The molecular formula is C21H12F3N3O2. The number of benzene rings is 2. The van der Waals surface area contributed by atoms with Crippen LogP contribution in [0.4, 0.5) is 18.9 Å². The third-order valence-electron chi connectivity index (χ3n) is 4.52. The van der Waals surface area contributed by atoms with Crippen molar-refractivity contribution in [2.24, 2.45) is 4.99 Å². The molecule has 1 aromatic heterocycles. The predicted molar refractivity (Wildman–Crippen MR) is 98.6 cm³/mol. The molecule has 1 aliphatic heterocycles. The first-order valence-corrected chi connectivity index (χ1v) is 8.50. The van der Waals surface area contributed by atoms with Gasteiger partial charge < -0.3 is 9.73 Å². The molecule has 8 heteroatoms. The summed E-state index contributed by atoms with van der Waals surface area (Å²) in [5.41, 5.74) is 1.64. The first-order chi connectivity index (χ1) is 13.9. The Morgan fingerprint density at radius 2 is 2.00 bits per heavy atom. The lowest BCUT2D eigenvalue weighted by atomic mass is 10.0. The number of alkyl halides is 3. The van der Waals surface area contributed by atoms with Gasteiger partial charge in [0.15, 0.2) is 0 Å². The third kappa shape index (κ3) is 3.50. The molecule has 1 N–H and O–H groups in total. The maximum Gasteiger partial charge on any atom is 0.417 e. The van der Waals surface area contributed by atoms with Crippen LogP contribution in [0.25, 0.3) is 0 Å². The van der Waals surface area contributed by atoms with Gasteiger partial charge in [-0.05, 0) is 42.0 Å². The lowest BCUT2D eigenvalue weighted by molar-refractivity contribution is -0.137. The molecule has 0 atom stereocenters. The summed E-state index contributed by atoms with van der Waals surface area (Å²) in [5.74, 6) is -0.915. The van der Waals surface area contributed by atoms with Crippen LogP contribution < -0.4 is 5.32 Å². The molecule has 2 heterocycles. The number of amides is 1. The number of furan rings is 1. The number of nitrogens with zero attached hydrogens (tertiary/aromatic N) is 2. The van der Waals surface area contributed by atoms with E-state index in [0.29, 0.717) is 24.0 Å². The molecule has 5 nitrogen and oxygen atoms in total. The summed E-state index contributed by atoms with van der Waals surface area (Å²) in [7, 11) is 0. The molecular weight excluding hydrogens is 383 g/mol. The van der Waals surface area contributed by atoms with Gasteiger partial charge in [0.1, 0.15) is 0 Å². The molecule has 2 aromatic carbocycles. The highest BCUT2D eigenvalue weighted by atomic mass is 19.4. The molecule has 0 unspecified atom stereocenters. The van der Waals surface area contributed by atoms with Gasteiger partial charge >= 0.3 is 6.18 Å². The Kier molecular flexibility index (Phi) is 4.43. The highest BCUT2D eigenvalue weighted by Gasteiger charge is 2.35. The molecule has 0 saturated heterocycles. The second-order valence-electron chi connectivity index (χ2n) is 6.37. The molecule has 29 heavy (non-hydrogen) atoms. The van der Waals surface area contributed by atoms with E-state index in [1.54, 1.807) is 36.6 Å². The van der Waals surface area contributed by atoms with Gasteiger partial charge in [-0.2, -0.15) is 18.4 Å². The van der Waals surface area contributed by atoms with Crippen molar-refractivity contribution in [1.29, 1.82) is 5.26 Å². The number of hydrogen-bond acceptors (Lipinski definition) is 4. The number of fused-ring (bicyclic) bond motifs is 1. The highest BCUT2D eigenvalue weighted by molar-refractivity contribution is 6.16. The molecule has 1 amide bonds. The fourth-order valence-electron chi connectivity index (χ4n) is 3.15. The largest absolute Gasteiger partial charge is 0.472 e. The third-order valence-corrected chi connectivity index (χ3v) is 4.52. The Balaban J connectivity index is 1.65. The van der Waals surface area contributed by atoms with Gasteiger partial charge in [-0.15, -0.1) is 0 Å². The van der Waals surface area contributed by atoms with Crippen molar-refractivity contribution < 1.29 is 22.4 Å².